The number of hydrogen-bond donors (Lipinski definition) is 2. The lowest BCUT2D eigenvalue weighted by atomic mass is 9.78. The van der Waals surface area contributed by atoms with E-state index in [0.29, 0.717) is 11.3 Å². The van der Waals surface area contributed by atoms with Crippen LogP contribution in [0.15, 0.2) is 82.5 Å². The number of nitrogens with one attached hydrogen (secondary N) is 1. The van der Waals surface area contributed by atoms with Gasteiger partial charge >= 0.3 is 5.69 Å². The Kier molecular flexibility index (Phi) is 7.00. The molecule has 4 rings (SSSR count). The van der Waals surface area contributed by atoms with Gasteiger partial charge in [-0.3, -0.25) is 4.79 Å². The van der Waals surface area contributed by atoms with E-state index in [0.717, 1.165) is 29.0 Å². The summed E-state index contributed by atoms with van der Waals surface area (Å²) >= 11 is 0. The van der Waals surface area contributed by atoms with Crippen molar-refractivity contribution in [3.63, 3.8) is 0 Å². The van der Waals surface area contributed by atoms with Crippen LogP contribution in [0.1, 0.15) is 23.1 Å². The predicted molar refractivity (Wildman–Crippen MR) is 131 cm³/mol. The van der Waals surface area contributed by atoms with Crippen LogP contribution in [-0.2, 0) is 18.4 Å². The number of ether oxygens (including phenoxy) is 1. The Morgan fingerprint density at radius 1 is 0.944 bits per heavy atom. The van der Waals surface area contributed by atoms with Gasteiger partial charge in [0.25, 0.3) is 5.56 Å². The fourth-order valence-corrected chi connectivity index (χ4v) is 4.58. The molecule has 186 valence electrons. The molecule has 0 saturated heterocycles. The molecule has 0 fully saturated rings. The van der Waals surface area contributed by atoms with Crippen molar-refractivity contribution in [2.45, 2.75) is 24.8 Å². The molecule has 4 aromatic rings. The van der Waals surface area contributed by atoms with Gasteiger partial charge < -0.3 is 15.5 Å². The van der Waals surface area contributed by atoms with Gasteiger partial charge in [-0.2, -0.15) is 0 Å². The van der Waals surface area contributed by atoms with Crippen LogP contribution in [0, 0.1) is 17.5 Å². The largest absolute Gasteiger partial charge is 0.494 e. The van der Waals surface area contributed by atoms with Crippen molar-refractivity contribution in [2.75, 3.05) is 12.8 Å². The molecule has 0 bridgehead atoms. The summed E-state index contributed by atoms with van der Waals surface area (Å²) in [7, 11) is 1.27. The summed E-state index contributed by atoms with van der Waals surface area (Å²) in [5.74, 6) is -2.77. The number of anilines is 1. The second kappa shape index (κ2) is 10.2. The quantitative estimate of drug-likeness (QED) is 0.359. The number of halogens is 3. The van der Waals surface area contributed by atoms with Crippen LogP contribution in [0.5, 0.6) is 5.75 Å². The average molecular weight is 496 g/mol. The van der Waals surface area contributed by atoms with Gasteiger partial charge in [-0.25, -0.2) is 22.5 Å². The van der Waals surface area contributed by atoms with Crippen LogP contribution >= 0.6 is 0 Å². The minimum atomic E-state index is -1.85. The Morgan fingerprint density at radius 2 is 1.64 bits per heavy atom. The summed E-state index contributed by atoms with van der Waals surface area (Å²) in [5, 5.41) is 0. The van der Waals surface area contributed by atoms with Crippen LogP contribution < -0.4 is 21.7 Å². The lowest BCUT2D eigenvalue weighted by molar-refractivity contribution is 0.279. The van der Waals surface area contributed by atoms with E-state index in [1.165, 1.54) is 31.4 Å². The molecule has 3 N–H and O–H groups in total. The molecule has 0 unspecified atom stereocenters. The molecule has 1 atom stereocenters. The Balaban J connectivity index is 2.06. The van der Waals surface area contributed by atoms with Crippen molar-refractivity contribution in [3.8, 4) is 5.75 Å². The Bertz CT molecular complexity index is 1470. The first kappa shape index (κ1) is 24.8. The minimum absolute atomic E-state index is 0.0912. The number of H-pyrrole nitrogens is 1. The smallest absolute Gasteiger partial charge is 0.329 e. The number of aromatic amines is 1. The number of methoxy groups -OCH3 is 1. The first-order valence-corrected chi connectivity index (χ1v) is 11.2. The predicted octanol–water partition coefficient (Wildman–Crippen LogP) is 4.16. The van der Waals surface area contributed by atoms with Crippen molar-refractivity contribution < 1.29 is 17.9 Å². The lowest BCUT2D eigenvalue weighted by Crippen LogP contribution is -2.52. The second-order valence-corrected chi connectivity index (χ2v) is 8.39. The summed E-state index contributed by atoms with van der Waals surface area (Å²) in [6, 6.07) is 15.6. The molecule has 0 spiro atoms. The number of para-hydroxylation sites is 1. The first-order chi connectivity index (χ1) is 17.3. The van der Waals surface area contributed by atoms with Crippen molar-refractivity contribution in [2.24, 2.45) is 0 Å². The molecule has 0 aliphatic carbocycles. The molecule has 3 aromatic carbocycles. The van der Waals surface area contributed by atoms with Gasteiger partial charge in [-0.1, -0.05) is 36.4 Å². The van der Waals surface area contributed by atoms with E-state index in [1.807, 2.05) is 0 Å². The van der Waals surface area contributed by atoms with E-state index >= 15 is 4.39 Å². The van der Waals surface area contributed by atoms with Gasteiger partial charge in [0, 0.05) is 35.5 Å². The van der Waals surface area contributed by atoms with Crippen LogP contribution in [-0.4, -0.2) is 16.7 Å². The van der Waals surface area contributed by atoms with E-state index < -0.39 is 46.2 Å². The Labute approximate surface area is 204 Å². The first-order valence-electron chi connectivity index (χ1n) is 11.2. The zero-order valence-corrected chi connectivity index (χ0v) is 19.4. The zero-order chi connectivity index (χ0) is 25.9. The number of rotatable bonds is 8. The molecule has 1 aromatic heterocycles. The maximum absolute atomic E-state index is 15.9. The van der Waals surface area contributed by atoms with Crippen LogP contribution in [0.25, 0.3) is 0 Å². The minimum Gasteiger partial charge on any atom is -0.494 e. The topological polar surface area (TPSA) is 90.1 Å². The SMILES string of the molecule is COc1cccc([C@@](CCc2ccccc2N)(Cc2c(F)cccc2F)n2c(=O)cc[nH]c2=O)c1F. The van der Waals surface area contributed by atoms with Crippen LogP contribution in [0.4, 0.5) is 18.9 Å². The third-order valence-electron chi connectivity index (χ3n) is 6.36. The molecule has 36 heavy (non-hydrogen) atoms. The van der Waals surface area contributed by atoms with Gasteiger partial charge in [-0.15, -0.1) is 0 Å². The lowest BCUT2D eigenvalue weighted by Gasteiger charge is -2.36. The molecule has 1 heterocycles. The van der Waals surface area contributed by atoms with E-state index in [4.69, 9.17) is 10.5 Å². The zero-order valence-electron chi connectivity index (χ0n) is 19.4. The fourth-order valence-electron chi connectivity index (χ4n) is 4.58. The van der Waals surface area contributed by atoms with E-state index in [9.17, 15) is 18.4 Å². The Hall–Kier alpha value is -4.27. The monoisotopic (exact) mass is 495 g/mol. The molecule has 6 nitrogen and oxygen atoms in total. The van der Waals surface area contributed by atoms with E-state index in [-0.39, 0.29) is 24.2 Å². The van der Waals surface area contributed by atoms with Gasteiger partial charge in [0.15, 0.2) is 11.6 Å². The highest BCUT2D eigenvalue weighted by atomic mass is 19.1. The second-order valence-electron chi connectivity index (χ2n) is 8.39. The van der Waals surface area contributed by atoms with Crippen molar-refractivity contribution in [3.05, 3.63) is 128 Å². The van der Waals surface area contributed by atoms with Crippen molar-refractivity contribution in [1.29, 1.82) is 0 Å². The number of aromatic nitrogens is 2. The molecular weight excluding hydrogens is 471 g/mol. The molecular formula is C27H24F3N3O3. The molecule has 0 amide bonds. The molecule has 0 radical (unpaired) electrons. The highest BCUT2D eigenvalue weighted by Gasteiger charge is 2.41. The van der Waals surface area contributed by atoms with Gasteiger partial charge in [0.2, 0.25) is 0 Å². The maximum Gasteiger partial charge on any atom is 0.329 e. The summed E-state index contributed by atoms with van der Waals surface area (Å²) < 4.78 is 51.7. The van der Waals surface area contributed by atoms with Crippen molar-refractivity contribution >= 4 is 5.69 Å². The van der Waals surface area contributed by atoms with E-state index in [2.05, 4.69) is 4.98 Å². The third-order valence-corrected chi connectivity index (χ3v) is 6.36. The number of aryl methyl sites for hydroxylation is 1. The highest BCUT2D eigenvalue weighted by molar-refractivity contribution is 5.47. The summed E-state index contributed by atoms with van der Waals surface area (Å²) in [6.45, 7) is 0. The van der Waals surface area contributed by atoms with Gasteiger partial charge in [-0.05, 0) is 42.7 Å². The summed E-state index contributed by atoms with van der Waals surface area (Å²) in [4.78, 5) is 28.7. The van der Waals surface area contributed by atoms with Crippen LogP contribution in [0.2, 0.25) is 0 Å². The van der Waals surface area contributed by atoms with Gasteiger partial charge in [0.05, 0.1) is 12.6 Å². The van der Waals surface area contributed by atoms with E-state index in [1.54, 1.807) is 24.3 Å². The third kappa shape index (κ3) is 4.51. The van der Waals surface area contributed by atoms with Gasteiger partial charge in [0.1, 0.15) is 11.6 Å². The standard InChI is InChI=1S/C27H24F3N3O3/c1-36-23-11-4-7-19(25(23)30)27(33-24(34)13-15-32-26(33)35,14-12-17-6-2-3-10-22(17)31)16-18-20(28)8-5-9-21(18)29/h2-11,13,15H,12,14,16,31H2,1H3,(H,32,35)/t27-/m1/s1. The number of nitrogens with two attached hydrogens (primary N) is 1. The molecule has 0 saturated carbocycles. The number of nitrogen functional groups attached to an aromatic ring is 1. The normalized spacial score (nSPS) is 12.8. The summed E-state index contributed by atoms with van der Waals surface area (Å²) in [5.41, 5.74) is 3.23. The maximum atomic E-state index is 15.9. The van der Waals surface area contributed by atoms with Crippen LogP contribution in [0.3, 0.4) is 0 Å². The molecule has 0 aliphatic heterocycles. The number of hydrogen-bond acceptors (Lipinski definition) is 4. The van der Waals surface area contributed by atoms with Crippen molar-refractivity contribution in [1.82, 2.24) is 9.55 Å². The number of benzene rings is 3. The highest BCUT2D eigenvalue weighted by Crippen LogP contribution is 2.39. The molecule has 9 heteroatoms. The Morgan fingerprint density at radius 3 is 2.31 bits per heavy atom. The summed E-state index contributed by atoms with van der Waals surface area (Å²) in [6.07, 6.45) is 0.703. The fraction of sp³-hybridized carbons (Fsp3) is 0.185. The average Bonchev–Trinajstić information content (AvgIpc) is 2.85. The number of nitrogens with zero attached hydrogens (tertiary/aromatic N) is 1. The molecule has 0 aliphatic rings.